The van der Waals surface area contributed by atoms with Crippen molar-refractivity contribution in [1.82, 2.24) is 14.5 Å². The number of nitrogens with zero attached hydrogens (tertiary/aromatic N) is 2. The van der Waals surface area contributed by atoms with E-state index in [0.29, 0.717) is 13.1 Å². The van der Waals surface area contributed by atoms with Gasteiger partial charge in [0.1, 0.15) is 0 Å². The number of hydrogen-bond acceptors (Lipinski definition) is 4. The van der Waals surface area contributed by atoms with Crippen LogP contribution in [-0.2, 0) is 15.8 Å². The Morgan fingerprint density at radius 1 is 1.09 bits per heavy atom. The van der Waals surface area contributed by atoms with Gasteiger partial charge in [0.25, 0.3) is 0 Å². The average Bonchev–Trinajstić information content (AvgIpc) is 2.57. The van der Waals surface area contributed by atoms with Gasteiger partial charge in [-0.25, -0.2) is 8.42 Å². The molecule has 2 fully saturated rings. The molecule has 6 heteroatoms. The van der Waals surface area contributed by atoms with Crippen molar-refractivity contribution in [1.29, 1.82) is 0 Å². The second-order valence-corrected chi connectivity index (χ2v) is 8.62. The van der Waals surface area contributed by atoms with E-state index >= 15 is 0 Å². The molecule has 2 heterocycles. The summed E-state index contributed by atoms with van der Waals surface area (Å²) in [6.07, 6.45) is 2.55. The molecule has 5 nitrogen and oxygen atoms in total. The Balaban J connectivity index is 1.49. The fourth-order valence-corrected chi connectivity index (χ4v) is 5.03. The summed E-state index contributed by atoms with van der Waals surface area (Å²) < 4.78 is 26.8. The molecule has 0 spiro atoms. The minimum Gasteiger partial charge on any atom is -0.316 e. The standard InChI is InChI=1S/C17H27N3O2S/c21-23(22,15-16-5-2-1-3-6-16)20-11-9-19(10-12-20)14-17-7-4-8-18-13-17/h1-3,5-6,17-18H,4,7-15H2. The molecule has 2 aliphatic heterocycles. The van der Waals surface area contributed by atoms with Crippen molar-refractivity contribution in [2.24, 2.45) is 5.92 Å². The van der Waals surface area contributed by atoms with E-state index < -0.39 is 10.0 Å². The maximum absolute atomic E-state index is 12.5. The van der Waals surface area contributed by atoms with Gasteiger partial charge in [-0.3, -0.25) is 0 Å². The number of piperidine rings is 1. The van der Waals surface area contributed by atoms with Crippen LogP contribution in [0, 0.1) is 5.92 Å². The molecular formula is C17H27N3O2S. The van der Waals surface area contributed by atoms with Crippen LogP contribution in [0.15, 0.2) is 30.3 Å². The van der Waals surface area contributed by atoms with Crippen molar-refractivity contribution in [3.63, 3.8) is 0 Å². The number of nitrogens with one attached hydrogen (secondary N) is 1. The van der Waals surface area contributed by atoms with Gasteiger partial charge in [-0.05, 0) is 37.4 Å². The molecule has 2 saturated heterocycles. The number of rotatable bonds is 5. The molecule has 1 aromatic carbocycles. The van der Waals surface area contributed by atoms with E-state index in [-0.39, 0.29) is 5.75 Å². The predicted octanol–water partition coefficient (Wildman–Crippen LogP) is 1.13. The number of piperazine rings is 1. The van der Waals surface area contributed by atoms with Crippen LogP contribution in [0.25, 0.3) is 0 Å². The molecule has 0 saturated carbocycles. The van der Waals surface area contributed by atoms with E-state index in [4.69, 9.17) is 0 Å². The fourth-order valence-electron chi connectivity index (χ4n) is 3.51. The first-order chi connectivity index (χ1) is 11.1. The van der Waals surface area contributed by atoms with Crippen LogP contribution in [0.1, 0.15) is 18.4 Å². The minimum absolute atomic E-state index is 0.111. The van der Waals surface area contributed by atoms with Gasteiger partial charge >= 0.3 is 0 Å². The Kier molecular flexibility index (Phi) is 5.69. The maximum atomic E-state index is 12.5. The van der Waals surface area contributed by atoms with Crippen LogP contribution in [0.2, 0.25) is 0 Å². The first-order valence-corrected chi connectivity index (χ1v) is 10.2. The Morgan fingerprint density at radius 3 is 2.48 bits per heavy atom. The zero-order valence-corrected chi connectivity index (χ0v) is 14.5. The Labute approximate surface area is 139 Å². The topological polar surface area (TPSA) is 52.7 Å². The van der Waals surface area contributed by atoms with Gasteiger partial charge in [0.15, 0.2) is 0 Å². The summed E-state index contributed by atoms with van der Waals surface area (Å²) in [4.78, 5) is 2.42. The molecule has 0 radical (unpaired) electrons. The molecule has 128 valence electrons. The van der Waals surface area contributed by atoms with E-state index in [1.807, 2.05) is 30.3 Å². The monoisotopic (exact) mass is 337 g/mol. The van der Waals surface area contributed by atoms with Gasteiger partial charge < -0.3 is 10.2 Å². The van der Waals surface area contributed by atoms with Crippen LogP contribution in [0.4, 0.5) is 0 Å². The molecule has 1 aromatic rings. The third kappa shape index (κ3) is 4.76. The maximum Gasteiger partial charge on any atom is 0.218 e. The van der Waals surface area contributed by atoms with Crippen molar-refractivity contribution in [2.45, 2.75) is 18.6 Å². The van der Waals surface area contributed by atoms with Crippen molar-refractivity contribution in [2.75, 3.05) is 45.8 Å². The van der Waals surface area contributed by atoms with E-state index in [9.17, 15) is 8.42 Å². The van der Waals surface area contributed by atoms with E-state index in [1.54, 1.807) is 4.31 Å². The highest BCUT2D eigenvalue weighted by Crippen LogP contribution is 2.16. The van der Waals surface area contributed by atoms with Crippen LogP contribution < -0.4 is 5.32 Å². The predicted molar refractivity (Wildman–Crippen MR) is 92.7 cm³/mol. The zero-order valence-electron chi connectivity index (χ0n) is 13.7. The van der Waals surface area contributed by atoms with Crippen LogP contribution >= 0.6 is 0 Å². The van der Waals surface area contributed by atoms with Gasteiger partial charge in [0.05, 0.1) is 5.75 Å². The van der Waals surface area contributed by atoms with Crippen molar-refractivity contribution < 1.29 is 8.42 Å². The molecule has 0 bridgehead atoms. The Hall–Kier alpha value is -0.950. The first kappa shape index (κ1) is 16.9. The van der Waals surface area contributed by atoms with Gasteiger partial charge in [-0.1, -0.05) is 30.3 Å². The molecule has 3 rings (SSSR count). The lowest BCUT2D eigenvalue weighted by molar-refractivity contribution is 0.154. The first-order valence-electron chi connectivity index (χ1n) is 8.58. The highest BCUT2D eigenvalue weighted by Gasteiger charge is 2.28. The Morgan fingerprint density at radius 2 is 1.83 bits per heavy atom. The lowest BCUT2D eigenvalue weighted by Gasteiger charge is -2.36. The van der Waals surface area contributed by atoms with Gasteiger partial charge in [-0.2, -0.15) is 4.31 Å². The van der Waals surface area contributed by atoms with Gasteiger partial charge in [0.2, 0.25) is 10.0 Å². The zero-order chi connectivity index (χ0) is 16.1. The number of hydrogen-bond donors (Lipinski definition) is 1. The van der Waals surface area contributed by atoms with Crippen molar-refractivity contribution in [3.05, 3.63) is 35.9 Å². The van der Waals surface area contributed by atoms with E-state index in [0.717, 1.165) is 44.2 Å². The SMILES string of the molecule is O=S(=O)(Cc1ccccc1)N1CCN(CC2CCCNC2)CC1. The number of benzene rings is 1. The molecule has 0 amide bonds. The second-order valence-electron chi connectivity index (χ2n) is 6.65. The molecule has 0 aliphatic carbocycles. The summed E-state index contributed by atoms with van der Waals surface area (Å²) in [6.45, 7) is 6.29. The largest absolute Gasteiger partial charge is 0.316 e. The molecular weight excluding hydrogens is 310 g/mol. The van der Waals surface area contributed by atoms with Crippen LogP contribution in [-0.4, -0.2) is 63.4 Å². The summed E-state index contributed by atoms with van der Waals surface area (Å²) >= 11 is 0. The van der Waals surface area contributed by atoms with Crippen molar-refractivity contribution >= 4 is 10.0 Å². The molecule has 0 aromatic heterocycles. The van der Waals surface area contributed by atoms with E-state index in [2.05, 4.69) is 10.2 Å². The summed E-state index contributed by atoms with van der Waals surface area (Å²) in [6, 6.07) is 9.45. The summed E-state index contributed by atoms with van der Waals surface area (Å²) in [5.41, 5.74) is 0.864. The van der Waals surface area contributed by atoms with Gasteiger partial charge in [-0.15, -0.1) is 0 Å². The molecule has 1 N–H and O–H groups in total. The Bertz CT molecular complexity index is 577. The molecule has 1 unspecified atom stereocenters. The third-order valence-electron chi connectivity index (χ3n) is 4.83. The van der Waals surface area contributed by atoms with Crippen LogP contribution in [0.3, 0.4) is 0 Å². The molecule has 2 aliphatic rings. The van der Waals surface area contributed by atoms with E-state index in [1.165, 1.54) is 12.8 Å². The van der Waals surface area contributed by atoms with Crippen molar-refractivity contribution in [3.8, 4) is 0 Å². The van der Waals surface area contributed by atoms with Gasteiger partial charge in [0, 0.05) is 32.7 Å². The highest BCUT2D eigenvalue weighted by molar-refractivity contribution is 7.88. The molecule has 23 heavy (non-hydrogen) atoms. The summed E-state index contributed by atoms with van der Waals surface area (Å²) in [5, 5.41) is 3.45. The fraction of sp³-hybridized carbons (Fsp3) is 0.647. The summed E-state index contributed by atoms with van der Waals surface area (Å²) in [5.74, 6) is 0.830. The summed E-state index contributed by atoms with van der Waals surface area (Å²) in [7, 11) is -3.20. The minimum atomic E-state index is -3.20. The molecule has 1 atom stereocenters. The lowest BCUT2D eigenvalue weighted by atomic mass is 9.99. The normalized spacial score (nSPS) is 24.6. The smallest absolute Gasteiger partial charge is 0.218 e. The second kappa shape index (κ2) is 7.75. The quantitative estimate of drug-likeness (QED) is 0.875. The third-order valence-corrected chi connectivity index (χ3v) is 6.68. The number of sulfonamides is 1. The van der Waals surface area contributed by atoms with Crippen LogP contribution in [0.5, 0.6) is 0 Å². The average molecular weight is 337 g/mol. The highest BCUT2D eigenvalue weighted by atomic mass is 32.2. The lowest BCUT2D eigenvalue weighted by Crippen LogP contribution is -2.51.